The van der Waals surface area contributed by atoms with Crippen molar-refractivity contribution in [3.05, 3.63) is 70.8 Å². The highest BCUT2D eigenvalue weighted by atomic mass is 35.5. The number of likely N-dealkylation sites (N-methyl/N-ethyl adjacent to an activating group) is 1. The molecule has 0 bridgehead atoms. The van der Waals surface area contributed by atoms with Crippen molar-refractivity contribution in [2.75, 3.05) is 20.1 Å². The van der Waals surface area contributed by atoms with E-state index in [-0.39, 0.29) is 0 Å². The second-order valence-electron chi connectivity index (χ2n) is 6.77. The first-order valence-electron chi connectivity index (χ1n) is 8.74. The molecule has 2 N–H and O–H groups in total. The Morgan fingerprint density at radius 3 is 2.21 bits per heavy atom. The minimum absolute atomic E-state index is 0.456. The summed E-state index contributed by atoms with van der Waals surface area (Å²) in [5.74, 6) is 0.358. The molecule has 2 atom stereocenters. The van der Waals surface area contributed by atoms with Crippen molar-refractivity contribution in [3.8, 4) is 11.5 Å². The first-order chi connectivity index (χ1) is 13.3. The SMILES string of the molecule is CN1C[C@H]2c3ccccc3Oc3ccc(Cl)cc3[C@@H]2C1.O=C(O)/C=C\C(=O)O. The van der Waals surface area contributed by atoms with Crippen LogP contribution in [0.15, 0.2) is 54.6 Å². The molecule has 0 unspecified atom stereocenters. The van der Waals surface area contributed by atoms with Gasteiger partial charge in [0.05, 0.1) is 0 Å². The Kier molecular flexibility index (Phi) is 6.02. The Bertz CT molecular complexity index is 911. The lowest BCUT2D eigenvalue weighted by Crippen LogP contribution is -2.14. The summed E-state index contributed by atoms with van der Waals surface area (Å²) in [7, 11) is 2.18. The van der Waals surface area contributed by atoms with Gasteiger partial charge in [-0.05, 0) is 36.9 Å². The maximum atomic E-state index is 9.55. The number of benzene rings is 2. The van der Waals surface area contributed by atoms with Crippen molar-refractivity contribution in [3.63, 3.8) is 0 Å². The van der Waals surface area contributed by atoms with E-state index in [4.69, 9.17) is 26.6 Å². The number of ether oxygens (including phenoxy) is 1. The maximum absolute atomic E-state index is 9.55. The van der Waals surface area contributed by atoms with E-state index in [2.05, 4.69) is 36.2 Å². The molecule has 2 aromatic carbocycles. The van der Waals surface area contributed by atoms with Gasteiger partial charge >= 0.3 is 11.9 Å². The summed E-state index contributed by atoms with van der Waals surface area (Å²) in [5.41, 5.74) is 2.55. The summed E-state index contributed by atoms with van der Waals surface area (Å²) < 4.78 is 6.15. The fourth-order valence-electron chi connectivity index (χ4n) is 3.67. The first kappa shape index (κ1) is 19.9. The molecule has 2 aliphatic heterocycles. The molecule has 2 heterocycles. The zero-order valence-electron chi connectivity index (χ0n) is 15.2. The van der Waals surface area contributed by atoms with Crippen LogP contribution in [-0.2, 0) is 9.59 Å². The minimum atomic E-state index is -1.26. The molecule has 7 heteroatoms. The minimum Gasteiger partial charge on any atom is -0.478 e. The lowest BCUT2D eigenvalue weighted by molar-refractivity contribution is -0.134. The van der Waals surface area contributed by atoms with Gasteiger partial charge in [0.15, 0.2) is 0 Å². The second-order valence-corrected chi connectivity index (χ2v) is 7.20. The molecule has 0 aliphatic carbocycles. The number of fused-ring (bicyclic) bond motifs is 5. The average Bonchev–Trinajstić information content (AvgIpc) is 2.98. The van der Waals surface area contributed by atoms with E-state index in [1.54, 1.807) is 0 Å². The van der Waals surface area contributed by atoms with Gasteiger partial charge in [0, 0.05) is 47.7 Å². The van der Waals surface area contributed by atoms with Crippen LogP contribution in [0.2, 0.25) is 5.02 Å². The Morgan fingerprint density at radius 2 is 1.57 bits per heavy atom. The molecule has 0 saturated carbocycles. The molecule has 2 aliphatic rings. The number of nitrogens with zero attached hydrogens (tertiary/aromatic N) is 1. The highest BCUT2D eigenvalue weighted by Crippen LogP contribution is 2.49. The van der Waals surface area contributed by atoms with Crippen molar-refractivity contribution in [2.24, 2.45) is 0 Å². The fourth-order valence-corrected chi connectivity index (χ4v) is 3.85. The number of hydrogen-bond acceptors (Lipinski definition) is 4. The second kappa shape index (κ2) is 8.46. The number of aliphatic carboxylic acids is 2. The molecule has 1 fully saturated rings. The van der Waals surface area contributed by atoms with Gasteiger partial charge in [0.1, 0.15) is 11.5 Å². The van der Waals surface area contributed by atoms with Crippen LogP contribution >= 0.6 is 11.6 Å². The lowest BCUT2D eigenvalue weighted by Gasteiger charge is -2.17. The van der Waals surface area contributed by atoms with Crippen LogP contribution in [0.25, 0.3) is 0 Å². The van der Waals surface area contributed by atoms with E-state index < -0.39 is 11.9 Å². The third-order valence-electron chi connectivity index (χ3n) is 4.78. The average molecular weight is 402 g/mol. The maximum Gasteiger partial charge on any atom is 0.328 e. The molecule has 2 aromatic rings. The number of likely N-dealkylation sites (tertiary alicyclic amines) is 1. The van der Waals surface area contributed by atoms with Gasteiger partial charge in [-0.25, -0.2) is 9.59 Å². The van der Waals surface area contributed by atoms with Crippen LogP contribution in [-0.4, -0.2) is 47.2 Å². The largest absolute Gasteiger partial charge is 0.478 e. The van der Waals surface area contributed by atoms with Crippen LogP contribution in [0.1, 0.15) is 23.0 Å². The normalized spacial score (nSPS) is 20.1. The Balaban J connectivity index is 0.000000242. The van der Waals surface area contributed by atoms with E-state index in [9.17, 15) is 9.59 Å². The molecule has 0 amide bonds. The van der Waals surface area contributed by atoms with Gasteiger partial charge < -0.3 is 19.8 Å². The highest BCUT2D eigenvalue weighted by Gasteiger charge is 2.38. The third-order valence-corrected chi connectivity index (χ3v) is 5.02. The standard InChI is InChI=1S/C17H16ClNO.C4H4O4/c1-19-9-14-12-4-2-3-5-16(12)20-17-7-6-11(18)8-13(17)15(14)10-19;5-3(6)1-2-4(7)8/h2-8,14-15H,9-10H2,1H3;1-2H,(H,5,6)(H,7,8)/b;2-1-/t14-,15-;/m0./s1. The lowest BCUT2D eigenvalue weighted by atomic mass is 9.84. The summed E-state index contributed by atoms with van der Waals surface area (Å²) in [5, 5.41) is 16.4. The predicted molar refractivity (Wildman–Crippen MR) is 105 cm³/mol. The van der Waals surface area contributed by atoms with Crippen LogP contribution in [0.3, 0.4) is 0 Å². The molecule has 0 spiro atoms. The van der Waals surface area contributed by atoms with Crippen LogP contribution in [0.4, 0.5) is 0 Å². The Hall–Kier alpha value is -2.83. The van der Waals surface area contributed by atoms with E-state index in [1.165, 1.54) is 11.1 Å². The van der Waals surface area contributed by atoms with E-state index in [0.29, 0.717) is 24.0 Å². The number of carboxylic acid groups (broad SMARTS) is 2. The number of para-hydroxylation sites is 1. The number of hydrogen-bond donors (Lipinski definition) is 2. The molecule has 0 radical (unpaired) electrons. The topological polar surface area (TPSA) is 87.1 Å². The van der Waals surface area contributed by atoms with Gasteiger partial charge in [-0.1, -0.05) is 29.8 Å². The van der Waals surface area contributed by atoms with E-state index in [0.717, 1.165) is 29.6 Å². The van der Waals surface area contributed by atoms with Crippen molar-refractivity contribution in [2.45, 2.75) is 11.8 Å². The molecule has 4 rings (SSSR count). The molecule has 0 aromatic heterocycles. The molecule has 1 saturated heterocycles. The predicted octanol–water partition coefficient (Wildman–Crippen LogP) is 3.97. The van der Waals surface area contributed by atoms with Gasteiger partial charge in [0.25, 0.3) is 0 Å². The zero-order valence-corrected chi connectivity index (χ0v) is 16.0. The van der Waals surface area contributed by atoms with E-state index in [1.807, 2.05) is 18.2 Å². The number of rotatable bonds is 2. The quantitative estimate of drug-likeness (QED) is 0.740. The Morgan fingerprint density at radius 1 is 1.00 bits per heavy atom. The van der Waals surface area contributed by atoms with Gasteiger partial charge in [0.2, 0.25) is 0 Å². The molecular formula is C21H20ClNO5. The Labute approximate surface area is 167 Å². The highest BCUT2D eigenvalue weighted by molar-refractivity contribution is 6.30. The zero-order chi connectivity index (χ0) is 20.3. The molecule has 146 valence electrons. The van der Waals surface area contributed by atoms with Gasteiger partial charge in [-0.2, -0.15) is 0 Å². The van der Waals surface area contributed by atoms with Gasteiger partial charge in [-0.3, -0.25) is 0 Å². The van der Waals surface area contributed by atoms with Crippen molar-refractivity contribution >= 4 is 23.5 Å². The van der Waals surface area contributed by atoms with Crippen molar-refractivity contribution in [1.82, 2.24) is 4.90 Å². The van der Waals surface area contributed by atoms with Crippen LogP contribution < -0.4 is 4.74 Å². The third kappa shape index (κ3) is 4.52. The van der Waals surface area contributed by atoms with Crippen LogP contribution in [0.5, 0.6) is 11.5 Å². The smallest absolute Gasteiger partial charge is 0.328 e. The summed E-state index contributed by atoms with van der Waals surface area (Å²) in [6.07, 6.45) is 1.12. The number of carbonyl (C=O) groups is 2. The van der Waals surface area contributed by atoms with Crippen molar-refractivity contribution < 1.29 is 24.5 Å². The fraction of sp³-hybridized carbons (Fsp3) is 0.238. The van der Waals surface area contributed by atoms with Crippen molar-refractivity contribution in [1.29, 1.82) is 0 Å². The number of halogens is 1. The van der Waals surface area contributed by atoms with Gasteiger partial charge in [-0.15, -0.1) is 0 Å². The molecular weight excluding hydrogens is 382 g/mol. The monoisotopic (exact) mass is 401 g/mol. The first-order valence-corrected chi connectivity index (χ1v) is 9.11. The summed E-state index contributed by atoms with van der Waals surface area (Å²) in [6, 6.07) is 14.4. The van der Waals surface area contributed by atoms with E-state index >= 15 is 0 Å². The molecule has 6 nitrogen and oxygen atoms in total. The summed E-state index contributed by atoms with van der Waals surface area (Å²) >= 11 is 6.20. The number of carboxylic acids is 2. The molecule has 28 heavy (non-hydrogen) atoms. The van der Waals surface area contributed by atoms with Crippen LogP contribution in [0, 0.1) is 0 Å². The summed E-state index contributed by atoms with van der Waals surface area (Å²) in [4.78, 5) is 21.5. The summed E-state index contributed by atoms with van der Waals surface area (Å²) in [6.45, 7) is 2.12.